The van der Waals surface area contributed by atoms with Crippen LogP contribution in [-0.2, 0) is 0 Å². The fourth-order valence-corrected chi connectivity index (χ4v) is 3.35. The second-order valence-electron chi connectivity index (χ2n) is 5.88. The molecule has 2 heterocycles. The van der Waals surface area contributed by atoms with Crippen molar-refractivity contribution in [2.24, 2.45) is 0 Å². The van der Waals surface area contributed by atoms with Gasteiger partial charge in [0.1, 0.15) is 11.2 Å². The Bertz CT molecular complexity index is 1220. The summed E-state index contributed by atoms with van der Waals surface area (Å²) in [5, 5.41) is 2.01. The molecule has 2 aromatic carbocycles. The number of para-hydroxylation sites is 1. The number of benzene rings is 2. The molecule has 126 valence electrons. The van der Waals surface area contributed by atoms with Crippen LogP contribution in [0, 0.1) is 0 Å². The van der Waals surface area contributed by atoms with Crippen molar-refractivity contribution in [1.82, 2.24) is 0 Å². The molecular formula is C20H17NO4. The molecular weight excluding hydrogens is 318 g/mol. The molecule has 0 unspecified atom stereocenters. The van der Waals surface area contributed by atoms with Crippen LogP contribution in [0.4, 0.5) is 5.69 Å². The summed E-state index contributed by atoms with van der Waals surface area (Å²) in [4.78, 5) is 26.9. The van der Waals surface area contributed by atoms with Crippen LogP contribution in [0.15, 0.2) is 60.9 Å². The second-order valence-corrected chi connectivity index (χ2v) is 5.88. The standard InChI is InChI=1S/C20H17NO4/c1-3-21(4-2)12-9-10-14-16(11-12)25-20(23)18-17(14)13-7-5-6-8-15(13)24-19(18)22/h5-11H,3-4H2,1-2H3. The largest absolute Gasteiger partial charge is 0.422 e. The minimum absolute atomic E-state index is 0.0400. The van der Waals surface area contributed by atoms with Gasteiger partial charge in [0.25, 0.3) is 0 Å². The number of fused-ring (bicyclic) bond motifs is 5. The molecule has 0 aliphatic heterocycles. The molecule has 0 aliphatic rings. The number of nitrogens with zero attached hydrogens (tertiary/aromatic N) is 1. The average molecular weight is 335 g/mol. The molecule has 0 bridgehead atoms. The predicted molar refractivity (Wildman–Crippen MR) is 99.6 cm³/mol. The zero-order chi connectivity index (χ0) is 17.6. The van der Waals surface area contributed by atoms with Gasteiger partial charge < -0.3 is 13.7 Å². The highest BCUT2D eigenvalue weighted by Gasteiger charge is 2.16. The predicted octanol–water partition coefficient (Wildman–Crippen LogP) is 3.90. The van der Waals surface area contributed by atoms with Crippen molar-refractivity contribution >= 4 is 38.4 Å². The summed E-state index contributed by atoms with van der Waals surface area (Å²) in [6, 6.07) is 13.0. The summed E-state index contributed by atoms with van der Waals surface area (Å²) in [6.45, 7) is 5.85. The molecule has 0 N–H and O–H groups in total. The molecule has 5 heteroatoms. The summed E-state index contributed by atoms with van der Waals surface area (Å²) in [5.74, 6) is 0. The smallest absolute Gasteiger partial charge is 0.351 e. The molecule has 2 aromatic heterocycles. The van der Waals surface area contributed by atoms with Crippen molar-refractivity contribution < 1.29 is 8.83 Å². The Morgan fingerprint density at radius 3 is 2.16 bits per heavy atom. The minimum Gasteiger partial charge on any atom is -0.422 e. The molecule has 4 rings (SSSR count). The van der Waals surface area contributed by atoms with Crippen molar-refractivity contribution in [1.29, 1.82) is 0 Å². The van der Waals surface area contributed by atoms with Gasteiger partial charge in [0.15, 0.2) is 5.39 Å². The zero-order valence-corrected chi connectivity index (χ0v) is 14.0. The Balaban J connectivity index is 2.19. The summed E-state index contributed by atoms with van der Waals surface area (Å²) in [7, 11) is 0. The second kappa shape index (κ2) is 5.77. The molecule has 0 saturated carbocycles. The van der Waals surface area contributed by atoms with E-state index in [1.807, 2.05) is 30.3 Å². The first kappa shape index (κ1) is 15.4. The molecule has 0 amide bonds. The number of rotatable bonds is 3. The Hall–Kier alpha value is -3.08. The van der Waals surface area contributed by atoms with Crippen LogP contribution in [0.3, 0.4) is 0 Å². The van der Waals surface area contributed by atoms with Gasteiger partial charge in [0.2, 0.25) is 0 Å². The normalized spacial score (nSPS) is 11.4. The Kier molecular flexibility index (Phi) is 3.57. The maximum atomic E-state index is 12.4. The van der Waals surface area contributed by atoms with E-state index in [0.717, 1.165) is 29.5 Å². The van der Waals surface area contributed by atoms with Crippen molar-refractivity contribution in [3.8, 4) is 0 Å². The van der Waals surface area contributed by atoms with Crippen molar-refractivity contribution in [2.45, 2.75) is 13.8 Å². The number of anilines is 1. The van der Waals surface area contributed by atoms with Crippen LogP contribution in [0.1, 0.15) is 13.8 Å². The lowest BCUT2D eigenvalue weighted by molar-refractivity contribution is 0.547. The number of hydrogen-bond donors (Lipinski definition) is 0. The van der Waals surface area contributed by atoms with Gasteiger partial charge in [-0.2, -0.15) is 0 Å². The molecule has 4 aromatic rings. The highest BCUT2D eigenvalue weighted by Crippen LogP contribution is 2.30. The molecule has 0 spiro atoms. The van der Waals surface area contributed by atoms with Crippen molar-refractivity contribution in [3.63, 3.8) is 0 Å². The van der Waals surface area contributed by atoms with Gasteiger partial charge >= 0.3 is 11.3 Å². The van der Waals surface area contributed by atoms with E-state index < -0.39 is 11.3 Å². The summed E-state index contributed by atoms with van der Waals surface area (Å²) in [5.41, 5.74) is 0.570. The molecule has 25 heavy (non-hydrogen) atoms. The Labute approximate surface area is 143 Å². The molecule has 0 atom stereocenters. The van der Waals surface area contributed by atoms with Crippen molar-refractivity contribution in [3.05, 3.63) is 63.3 Å². The third-order valence-electron chi connectivity index (χ3n) is 4.58. The Morgan fingerprint density at radius 2 is 1.44 bits per heavy atom. The summed E-state index contributed by atoms with van der Waals surface area (Å²) < 4.78 is 10.7. The van der Waals surface area contributed by atoms with Crippen molar-refractivity contribution in [2.75, 3.05) is 18.0 Å². The molecule has 5 nitrogen and oxygen atoms in total. The van der Waals surface area contributed by atoms with Crippen LogP contribution in [0.25, 0.3) is 32.7 Å². The molecule has 0 aliphatic carbocycles. The summed E-state index contributed by atoms with van der Waals surface area (Å²) >= 11 is 0. The highest BCUT2D eigenvalue weighted by molar-refractivity contribution is 6.17. The third kappa shape index (κ3) is 2.31. The third-order valence-corrected chi connectivity index (χ3v) is 4.58. The highest BCUT2D eigenvalue weighted by atomic mass is 16.4. The van der Waals surface area contributed by atoms with E-state index in [1.54, 1.807) is 12.1 Å². The summed E-state index contributed by atoms with van der Waals surface area (Å²) in [6.07, 6.45) is 0. The zero-order valence-electron chi connectivity index (χ0n) is 14.0. The molecule has 0 radical (unpaired) electrons. The first-order valence-corrected chi connectivity index (χ1v) is 8.31. The number of hydrogen-bond acceptors (Lipinski definition) is 5. The molecule has 0 fully saturated rings. The average Bonchev–Trinajstić information content (AvgIpc) is 2.62. The van der Waals surface area contributed by atoms with E-state index in [9.17, 15) is 9.59 Å². The van der Waals surface area contributed by atoms with Crippen LogP contribution in [0.2, 0.25) is 0 Å². The van der Waals surface area contributed by atoms with Gasteiger partial charge in [-0.3, -0.25) is 0 Å². The van der Waals surface area contributed by atoms with E-state index in [-0.39, 0.29) is 5.39 Å². The quantitative estimate of drug-likeness (QED) is 0.420. The lowest BCUT2D eigenvalue weighted by Crippen LogP contribution is -2.21. The van der Waals surface area contributed by atoms with Gasteiger partial charge in [-0.15, -0.1) is 0 Å². The van der Waals surface area contributed by atoms with E-state index in [2.05, 4.69) is 18.7 Å². The van der Waals surface area contributed by atoms with Gasteiger partial charge in [-0.25, -0.2) is 9.59 Å². The van der Waals surface area contributed by atoms with Gasteiger partial charge in [0, 0.05) is 41.0 Å². The maximum absolute atomic E-state index is 12.4. The van der Waals surface area contributed by atoms with Crippen LogP contribution in [0.5, 0.6) is 0 Å². The van der Waals surface area contributed by atoms with E-state index in [1.165, 1.54) is 0 Å². The van der Waals surface area contributed by atoms with E-state index >= 15 is 0 Å². The van der Waals surface area contributed by atoms with Crippen LogP contribution in [-0.4, -0.2) is 13.1 Å². The first-order valence-electron chi connectivity index (χ1n) is 8.31. The Morgan fingerprint density at radius 1 is 0.800 bits per heavy atom. The monoisotopic (exact) mass is 335 g/mol. The molecule has 0 saturated heterocycles. The topological polar surface area (TPSA) is 63.7 Å². The van der Waals surface area contributed by atoms with E-state index in [0.29, 0.717) is 16.6 Å². The first-order chi connectivity index (χ1) is 12.1. The maximum Gasteiger partial charge on any atom is 0.351 e. The SMILES string of the molecule is CCN(CC)c1ccc2c(c1)oc(=O)c1c(=O)oc3ccccc3c12. The minimum atomic E-state index is -0.669. The van der Waals surface area contributed by atoms with Crippen LogP contribution < -0.4 is 16.2 Å². The van der Waals surface area contributed by atoms with Gasteiger partial charge in [0.05, 0.1) is 0 Å². The lowest BCUT2D eigenvalue weighted by atomic mass is 10.0. The lowest BCUT2D eigenvalue weighted by Gasteiger charge is -2.21. The fraction of sp³-hybridized carbons (Fsp3) is 0.200. The van der Waals surface area contributed by atoms with Gasteiger partial charge in [-0.1, -0.05) is 18.2 Å². The van der Waals surface area contributed by atoms with Gasteiger partial charge in [-0.05, 0) is 32.0 Å². The van der Waals surface area contributed by atoms with E-state index in [4.69, 9.17) is 8.83 Å². The van der Waals surface area contributed by atoms with Crippen LogP contribution >= 0.6 is 0 Å². The fourth-order valence-electron chi connectivity index (χ4n) is 3.35.